The monoisotopic (exact) mass is 370 g/mol. The van der Waals surface area contributed by atoms with Crippen molar-refractivity contribution < 1.29 is 14.5 Å². The third-order valence-electron chi connectivity index (χ3n) is 4.92. The largest absolute Gasteiger partial charge is 0.468 e. The Morgan fingerprint density at radius 2 is 2.07 bits per heavy atom. The average Bonchev–Trinajstić information content (AvgIpc) is 2.95. The van der Waals surface area contributed by atoms with E-state index >= 15 is 0 Å². The predicted octanol–water partition coefficient (Wildman–Crippen LogP) is 3.31. The number of aliphatic imine (C=N–C) groups is 1. The van der Waals surface area contributed by atoms with Gasteiger partial charge in [-0.15, -0.1) is 0 Å². The van der Waals surface area contributed by atoms with Crippen LogP contribution in [-0.2, 0) is 23.0 Å². The molecule has 2 heterocycles. The van der Waals surface area contributed by atoms with Gasteiger partial charge >= 0.3 is 5.97 Å². The minimum Gasteiger partial charge on any atom is -0.468 e. The summed E-state index contributed by atoms with van der Waals surface area (Å²) in [6.07, 6.45) is 1.56. The van der Waals surface area contributed by atoms with Gasteiger partial charge in [0.2, 0.25) is 0 Å². The van der Waals surface area contributed by atoms with E-state index in [2.05, 4.69) is 10.1 Å². The van der Waals surface area contributed by atoms with E-state index in [4.69, 9.17) is 4.74 Å². The highest BCUT2D eigenvalue weighted by Gasteiger charge is 2.43. The number of benzene rings is 1. The van der Waals surface area contributed by atoms with E-state index in [1.165, 1.54) is 13.2 Å². The van der Waals surface area contributed by atoms with Crippen LogP contribution in [0.15, 0.2) is 29.3 Å². The Labute approximate surface area is 157 Å². The summed E-state index contributed by atoms with van der Waals surface area (Å²) in [6, 6.07) is 6.52. The van der Waals surface area contributed by atoms with E-state index in [0.29, 0.717) is 23.5 Å². The number of nitro groups is 1. The lowest BCUT2D eigenvalue weighted by Crippen LogP contribution is -2.33. The SMILES string of the molecule is CCCc1nn(C)c2c1C(c1ccccc1[N+](=O)[O-])C(C(=O)OC)C(C)=N2. The molecule has 142 valence electrons. The highest BCUT2D eigenvalue weighted by atomic mass is 16.6. The highest BCUT2D eigenvalue weighted by molar-refractivity contribution is 6.05. The third kappa shape index (κ3) is 3.11. The molecule has 1 aromatic carbocycles. The summed E-state index contributed by atoms with van der Waals surface area (Å²) < 4.78 is 6.70. The number of esters is 1. The van der Waals surface area contributed by atoms with Crippen LogP contribution in [0.3, 0.4) is 0 Å². The van der Waals surface area contributed by atoms with Crippen molar-refractivity contribution >= 4 is 23.2 Å². The molecule has 0 amide bonds. The zero-order valence-corrected chi connectivity index (χ0v) is 15.8. The Bertz CT molecular complexity index is 932. The van der Waals surface area contributed by atoms with Gasteiger partial charge in [-0.3, -0.25) is 19.6 Å². The van der Waals surface area contributed by atoms with Crippen molar-refractivity contribution in [3.8, 4) is 0 Å². The van der Waals surface area contributed by atoms with Crippen LogP contribution < -0.4 is 0 Å². The van der Waals surface area contributed by atoms with Crippen molar-refractivity contribution in [2.24, 2.45) is 18.0 Å². The van der Waals surface area contributed by atoms with Crippen LogP contribution in [0.4, 0.5) is 11.5 Å². The highest BCUT2D eigenvalue weighted by Crippen LogP contribution is 2.47. The maximum Gasteiger partial charge on any atom is 0.315 e. The van der Waals surface area contributed by atoms with Gasteiger partial charge in [0.15, 0.2) is 5.82 Å². The molecule has 0 aliphatic carbocycles. The molecule has 2 unspecified atom stereocenters. The molecule has 2 aromatic rings. The quantitative estimate of drug-likeness (QED) is 0.457. The van der Waals surface area contributed by atoms with Gasteiger partial charge in [-0.2, -0.15) is 5.10 Å². The molecule has 0 saturated heterocycles. The van der Waals surface area contributed by atoms with Crippen molar-refractivity contribution in [1.29, 1.82) is 0 Å². The van der Waals surface area contributed by atoms with Crippen LogP contribution in [0, 0.1) is 16.0 Å². The van der Waals surface area contributed by atoms with Crippen LogP contribution in [0.2, 0.25) is 0 Å². The Balaban J connectivity index is 2.33. The molecule has 27 heavy (non-hydrogen) atoms. The first-order valence-corrected chi connectivity index (χ1v) is 8.82. The Kier molecular flexibility index (Phi) is 5.07. The number of rotatable bonds is 5. The lowest BCUT2D eigenvalue weighted by atomic mass is 9.75. The predicted molar refractivity (Wildman–Crippen MR) is 100 cm³/mol. The molecule has 1 aliphatic heterocycles. The number of para-hydroxylation sites is 1. The first-order valence-electron chi connectivity index (χ1n) is 8.82. The van der Waals surface area contributed by atoms with Gasteiger partial charge in [0.05, 0.1) is 17.7 Å². The zero-order chi connectivity index (χ0) is 19.7. The van der Waals surface area contributed by atoms with Crippen LogP contribution in [0.5, 0.6) is 0 Å². The molecule has 8 heteroatoms. The van der Waals surface area contributed by atoms with Crippen LogP contribution in [0.1, 0.15) is 43.0 Å². The van der Waals surface area contributed by atoms with Gasteiger partial charge in [0.1, 0.15) is 5.92 Å². The van der Waals surface area contributed by atoms with Crippen molar-refractivity contribution in [3.05, 3.63) is 51.2 Å². The van der Waals surface area contributed by atoms with Gasteiger partial charge in [-0.1, -0.05) is 31.5 Å². The van der Waals surface area contributed by atoms with E-state index in [-0.39, 0.29) is 5.69 Å². The number of nitrogens with zero attached hydrogens (tertiary/aromatic N) is 4. The molecule has 0 spiro atoms. The van der Waals surface area contributed by atoms with E-state index in [1.807, 2.05) is 6.92 Å². The normalized spacial score (nSPS) is 18.6. The minimum atomic E-state index is -0.733. The molecule has 0 saturated carbocycles. The number of nitro benzene ring substituents is 1. The number of ether oxygens (including phenoxy) is 1. The second kappa shape index (κ2) is 7.30. The molecule has 1 aliphatic rings. The van der Waals surface area contributed by atoms with E-state index in [0.717, 1.165) is 17.7 Å². The van der Waals surface area contributed by atoms with E-state index in [9.17, 15) is 14.9 Å². The van der Waals surface area contributed by atoms with Gasteiger partial charge in [-0.25, -0.2) is 4.99 Å². The first-order chi connectivity index (χ1) is 12.9. The Morgan fingerprint density at radius 3 is 2.70 bits per heavy atom. The van der Waals surface area contributed by atoms with Crippen molar-refractivity contribution in [3.63, 3.8) is 0 Å². The maximum absolute atomic E-state index is 12.6. The van der Waals surface area contributed by atoms with E-state index in [1.54, 1.807) is 36.9 Å². The molecule has 0 radical (unpaired) electrons. The summed E-state index contributed by atoms with van der Waals surface area (Å²) in [5, 5.41) is 16.2. The third-order valence-corrected chi connectivity index (χ3v) is 4.92. The zero-order valence-electron chi connectivity index (χ0n) is 15.8. The smallest absolute Gasteiger partial charge is 0.315 e. The summed E-state index contributed by atoms with van der Waals surface area (Å²) in [5.74, 6) is -1.12. The number of aromatic nitrogens is 2. The van der Waals surface area contributed by atoms with Crippen molar-refractivity contribution in [2.75, 3.05) is 7.11 Å². The fourth-order valence-corrected chi connectivity index (χ4v) is 3.79. The lowest BCUT2D eigenvalue weighted by molar-refractivity contribution is -0.385. The number of carbonyl (C=O) groups excluding carboxylic acids is 1. The summed E-state index contributed by atoms with van der Waals surface area (Å²) in [5.41, 5.74) is 2.59. The van der Waals surface area contributed by atoms with Crippen LogP contribution >= 0.6 is 0 Å². The van der Waals surface area contributed by atoms with Gasteiger partial charge in [0.25, 0.3) is 5.69 Å². The molecule has 0 N–H and O–H groups in total. The number of hydrogen-bond donors (Lipinski definition) is 0. The van der Waals surface area contributed by atoms with Gasteiger partial charge in [-0.05, 0) is 13.3 Å². The summed E-state index contributed by atoms with van der Waals surface area (Å²) >= 11 is 0. The molecule has 0 fully saturated rings. The number of hydrogen-bond acceptors (Lipinski definition) is 6. The fourth-order valence-electron chi connectivity index (χ4n) is 3.79. The standard InChI is InChI=1S/C19H22N4O4/c1-5-8-13-17-16(12-9-6-7-10-14(12)23(25)26)15(19(24)27-4)11(2)20-18(17)22(3)21-13/h6-7,9-10,15-16H,5,8H2,1-4H3. The Hall–Kier alpha value is -3.03. The molecule has 0 bridgehead atoms. The van der Waals surface area contributed by atoms with E-state index < -0.39 is 22.7 Å². The topological polar surface area (TPSA) is 99.6 Å². The van der Waals surface area contributed by atoms with Gasteiger partial charge < -0.3 is 4.74 Å². The fraction of sp³-hybridized carbons (Fsp3) is 0.421. The molecule has 3 rings (SSSR count). The number of fused-ring (bicyclic) bond motifs is 1. The molecule has 1 aromatic heterocycles. The first kappa shape index (κ1) is 18.8. The summed E-state index contributed by atoms with van der Waals surface area (Å²) in [4.78, 5) is 28.5. The van der Waals surface area contributed by atoms with Crippen molar-refractivity contribution in [2.45, 2.75) is 32.6 Å². The second-order valence-electron chi connectivity index (χ2n) is 6.61. The Morgan fingerprint density at radius 1 is 1.37 bits per heavy atom. The lowest BCUT2D eigenvalue weighted by Gasteiger charge is -2.29. The molecule has 2 atom stereocenters. The number of aryl methyl sites for hydroxylation is 2. The number of methoxy groups -OCH3 is 1. The van der Waals surface area contributed by atoms with Crippen molar-refractivity contribution in [1.82, 2.24) is 9.78 Å². The maximum atomic E-state index is 12.6. The minimum absolute atomic E-state index is 0.0247. The summed E-state index contributed by atoms with van der Waals surface area (Å²) in [6.45, 7) is 3.79. The number of carbonyl (C=O) groups is 1. The summed E-state index contributed by atoms with van der Waals surface area (Å²) in [7, 11) is 3.11. The average molecular weight is 370 g/mol. The molecular weight excluding hydrogens is 348 g/mol. The van der Waals surface area contributed by atoms with Gasteiger partial charge in [0, 0.05) is 35.9 Å². The van der Waals surface area contributed by atoms with Crippen LogP contribution in [-0.4, -0.2) is 33.5 Å². The second-order valence-corrected chi connectivity index (χ2v) is 6.61. The molecular formula is C19H22N4O4. The van der Waals surface area contributed by atoms with Crippen LogP contribution in [0.25, 0.3) is 0 Å². The molecule has 8 nitrogen and oxygen atoms in total.